The topological polar surface area (TPSA) is 79.3 Å². The summed E-state index contributed by atoms with van der Waals surface area (Å²) in [5.41, 5.74) is 1.76. The molecular weight excluding hydrogens is 422 g/mol. The smallest absolute Gasteiger partial charge is 0.274 e. The predicted molar refractivity (Wildman–Crippen MR) is 124 cm³/mol. The molecule has 2 saturated heterocycles. The maximum atomic E-state index is 13.3. The standard InChI is InChI=1S/C24H27N5O2S/c30-23(28-13-5-1-2-6-14-28)17-9-15-29(16-10-17)24(31)21-20(25-11-12-26-21)22-27-18-7-3-4-8-19(18)32-22/h3-4,7-8,11-12,17H,1-2,5-6,9-10,13-16H2. The van der Waals surface area contributed by atoms with Crippen LogP contribution in [0.1, 0.15) is 49.0 Å². The van der Waals surface area contributed by atoms with Crippen molar-refractivity contribution < 1.29 is 9.59 Å². The maximum Gasteiger partial charge on any atom is 0.274 e. The van der Waals surface area contributed by atoms with E-state index >= 15 is 0 Å². The molecule has 166 valence electrons. The summed E-state index contributed by atoms with van der Waals surface area (Å²) in [5.74, 6) is 0.157. The third kappa shape index (κ3) is 4.24. The highest BCUT2D eigenvalue weighted by Crippen LogP contribution is 2.31. The Hall–Kier alpha value is -2.87. The van der Waals surface area contributed by atoms with Crippen LogP contribution in [0.25, 0.3) is 20.9 Å². The van der Waals surface area contributed by atoms with E-state index < -0.39 is 0 Å². The van der Waals surface area contributed by atoms with Gasteiger partial charge in [-0.05, 0) is 37.8 Å². The number of hydrogen-bond donors (Lipinski definition) is 0. The summed E-state index contributed by atoms with van der Waals surface area (Å²) in [5, 5.41) is 0.703. The van der Waals surface area contributed by atoms with Gasteiger partial charge in [0.1, 0.15) is 10.7 Å². The second kappa shape index (κ2) is 9.32. The van der Waals surface area contributed by atoms with Gasteiger partial charge in [-0.3, -0.25) is 9.59 Å². The first-order valence-corrected chi connectivity index (χ1v) is 12.3. The fourth-order valence-electron chi connectivity index (χ4n) is 4.65. The summed E-state index contributed by atoms with van der Waals surface area (Å²) < 4.78 is 1.05. The van der Waals surface area contributed by atoms with Crippen LogP contribution in [0.3, 0.4) is 0 Å². The van der Waals surface area contributed by atoms with Crippen LogP contribution in [0.4, 0.5) is 0 Å². The minimum Gasteiger partial charge on any atom is -0.342 e. The van der Waals surface area contributed by atoms with Gasteiger partial charge in [0, 0.05) is 44.5 Å². The molecule has 2 aromatic heterocycles. The minimum absolute atomic E-state index is 0.0164. The molecule has 0 N–H and O–H groups in total. The number of piperidine rings is 1. The van der Waals surface area contributed by atoms with E-state index in [1.165, 1.54) is 24.2 Å². The van der Waals surface area contributed by atoms with Gasteiger partial charge in [-0.15, -0.1) is 11.3 Å². The van der Waals surface area contributed by atoms with E-state index in [0.29, 0.717) is 42.3 Å². The third-order valence-corrected chi connectivity index (χ3v) is 7.49. The molecule has 0 saturated carbocycles. The Morgan fingerprint density at radius 3 is 2.34 bits per heavy atom. The van der Waals surface area contributed by atoms with Gasteiger partial charge in [0.15, 0.2) is 5.69 Å². The van der Waals surface area contributed by atoms with Gasteiger partial charge in [-0.1, -0.05) is 25.0 Å². The van der Waals surface area contributed by atoms with Crippen LogP contribution in [-0.4, -0.2) is 62.7 Å². The maximum absolute atomic E-state index is 13.3. The minimum atomic E-state index is -0.131. The second-order valence-electron chi connectivity index (χ2n) is 8.55. The number of para-hydroxylation sites is 1. The molecular formula is C24H27N5O2S. The lowest BCUT2D eigenvalue weighted by atomic mass is 9.94. The van der Waals surface area contributed by atoms with Crippen LogP contribution in [0, 0.1) is 5.92 Å². The molecule has 5 rings (SSSR count). The van der Waals surface area contributed by atoms with Crippen molar-refractivity contribution >= 4 is 33.4 Å². The summed E-state index contributed by atoms with van der Waals surface area (Å²) in [4.78, 5) is 43.7. The van der Waals surface area contributed by atoms with Crippen molar-refractivity contribution in [2.45, 2.75) is 38.5 Å². The van der Waals surface area contributed by atoms with E-state index in [0.717, 1.165) is 36.1 Å². The number of nitrogens with zero attached hydrogens (tertiary/aromatic N) is 5. The number of thiazole rings is 1. The zero-order chi connectivity index (χ0) is 21.9. The first-order valence-electron chi connectivity index (χ1n) is 11.5. The van der Waals surface area contributed by atoms with Gasteiger partial charge in [-0.2, -0.15) is 0 Å². The third-order valence-electron chi connectivity index (χ3n) is 6.45. The summed E-state index contributed by atoms with van der Waals surface area (Å²) in [6, 6.07) is 7.90. The van der Waals surface area contributed by atoms with E-state index in [4.69, 9.17) is 0 Å². The van der Waals surface area contributed by atoms with Crippen molar-refractivity contribution in [2.75, 3.05) is 26.2 Å². The number of fused-ring (bicyclic) bond motifs is 1. The van der Waals surface area contributed by atoms with E-state index in [-0.39, 0.29) is 17.7 Å². The Morgan fingerprint density at radius 2 is 1.59 bits per heavy atom. The Morgan fingerprint density at radius 1 is 0.875 bits per heavy atom. The molecule has 2 fully saturated rings. The van der Waals surface area contributed by atoms with Crippen molar-refractivity contribution in [2.24, 2.45) is 5.92 Å². The SMILES string of the molecule is O=C(c1nccnc1-c1nc2ccccc2s1)N1CCC(C(=O)N2CCCCCC2)CC1. The lowest BCUT2D eigenvalue weighted by Crippen LogP contribution is -2.45. The molecule has 0 radical (unpaired) electrons. The molecule has 2 aliphatic heterocycles. The number of carbonyl (C=O) groups excluding carboxylic acids is 2. The first-order chi connectivity index (χ1) is 15.7. The highest BCUT2D eigenvalue weighted by Gasteiger charge is 2.32. The molecule has 2 amide bonds. The number of hydrogen-bond acceptors (Lipinski definition) is 6. The molecule has 7 nitrogen and oxygen atoms in total. The highest BCUT2D eigenvalue weighted by atomic mass is 32.1. The van der Waals surface area contributed by atoms with Crippen LogP contribution in [0.2, 0.25) is 0 Å². The van der Waals surface area contributed by atoms with E-state index in [1.807, 2.05) is 34.1 Å². The van der Waals surface area contributed by atoms with Crippen molar-refractivity contribution in [3.8, 4) is 10.7 Å². The van der Waals surface area contributed by atoms with Crippen molar-refractivity contribution in [1.29, 1.82) is 0 Å². The quantitative estimate of drug-likeness (QED) is 0.604. The molecule has 2 aliphatic rings. The number of aromatic nitrogens is 3. The van der Waals surface area contributed by atoms with Crippen LogP contribution < -0.4 is 0 Å². The molecule has 8 heteroatoms. The number of likely N-dealkylation sites (tertiary alicyclic amines) is 2. The Labute approximate surface area is 191 Å². The van der Waals surface area contributed by atoms with E-state index in [9.17, 15) is 9.59 Å². The van der Waals surface area contributed by atoms with Crippen molar-refractivity contribution in [3.63, 3.8) is 0 Å². The van der Waals surface area contributed by atoms with Gasteiger partial charge in [0.25, 0.3) is 5.91 Å². The number of rotatable bonds is 3. The summed E-state index contributed by atoms with van der Waals surface area (Å²) in [6.07, 6.45) is 9.20. The normalized spacial score (nSPS) is 18.0. The molecule has 32 heavy (non-hydrogen) atoms. The van der Waals surface area contributed by atoms with E-state index in [1.54, 1.807) is 12.4 Å². The molecule has 0 bridgehead atoms. The molecule has 4 heterocycles. The Kier molecular flexibility index (Phi) is 6.12. The molecule has 0 aliphatic carbocycles. The average Bonchev–Trinajstić information content (AvgIpc) is 3.09. The van der Waals surface area contributed by atoms with Crippen LogP contribution in [0.15, 0.2) is 36.7 Å². The zero-order valence-electron chi connectivity index (χ0n) is 18.1. The van der Waals surface area contributed by atoms with Crippen molar-refractivity contribution in [3.05, 3.63) is 42.4 Å². The van der Waals surface area contributed by atoms with Crippen molar-refractivity contribution in [1.82, 2.24) is 24.8 Å². The number of carbonyl (C=O) groups is 2. The van der Waals surface area contributed by atoms with Gasteiger partial charge >= 0.3 is 0 Å². The lowest BCUT2D eigenvalue weighted by Gasteiger charge is -2.34. The lowest BCUT2D eigenvalue weighted by molar-refractivity contribution is -0.136. The average molecular weight is 450 g/mol. The molecule has 0 atom stereocenters. The Bertz CT molecular complexity index is 1080. The van der Waals surface area contributed by atoms with Gasteiger partial charge in [0.05, 0.1) is 10.2 Å². The summed E-state index contributed by atoms with van der Waals surface area (Å²) in [7, 11) is 0. The predicted octanol–water partition coefficient (Wildman–Crippen LogP) is 4.01. The second-order valence-corrected chi connectivity index (χ2v) is 9.58. The molecule has 0 spiro atoms. The molecule has 1 aromatic carbocycles. The van der Waals surface area contributed by atoms with Gasteiger partial charge < -0.3 is 9.80 Å². The van der Waals surface area contributed by atoms with Crippen LogP contribution in [-0.2, 0) is 4.79 Å². The fraction of sp³-hybridized carbons (Fsp3) is 0.458. The Balaban J connectivity index is 1.29. The first kappa shape index (κ1) is 21.0. The zero-order valence-corrected chi connectivity index (χ0v) is 18.9. The molecule has 3 aromatic rings. The molecule has 0 unspecified atom stereocenters. The van der Waals surface area contributed by atoms with E-state index in [2.05, 4.69) is 15.0 Å². The largest absolute Gasteiger partial charge is 0.342 e. The number of benzene rings is 1. The summed E-state index contributed by atoms with van der Waals surface area (Å²) in [6.45, 7) is 2.89. The van der Waals surface area contributed by atoms with Gasteiger partial charge in [0.2, 0.25) is 5.91 Å². The monoisotopic (exact) mass is 449 g/mol. The van der Waals surface area contributed by atoms with Crippen LogP contribution in [0.5, 0.6) is 0 Å². The summed E-state index contributed by atoms with van der Waals surface area (Å²) >= 11 is 1.52. The van der Waals surface area contributed by atoms with Crippen LogP contribution >= 0.6 is 11.3 Å². The van der Waals surface area contributed by atoms with Gasteiger partial charge in [-0.25, -0.2) is 15.0 Å². The number of amides is 2. The fourth-order valence-corrected chi connectivity index (χ4v) is 5.62. The highest BCUT2D eigenvalue weighted by molar-refractivity contribution is 7.21.